The Morgan fingerprint density at radius 3 is 2.61 bits per heavy atom. The van der Waals surface area contributed by atoms with Crippen LogP contribution < -0.4 is 10.6 Å². The number of nitrogens with zero attached hydrogens (tertiary/aromatic N) is 2. The smallest absolute Gasteiger partial charge is 0.270 e. The molecule has 0 bridgehead atoms. The fourth-order valence-electron chi connectivity index (χ4n) is 2.86. The third-order valence-corrected chi connectivity index (χ3v) is 4.09. The number of amides is 1. The molecule has 2 aromatic heterocycles. The summed E-state index contributed by atoms with van der Waals surface area (Å²) in [5.41, 5.74) is 1.21. The van der Waals surface area contributed by atoms with Crippen molar-refractivity contribution in [3.8, 4) is 0 Å². The summed E-state index contributed by atoms with van der Waals surface area (Å²) < 4.78 is 5.00. The van der Waals surface area contributed by atoms with E-state index in [-0.39, 0.29) is 11.9 Å². The lowest BCUT2D eigenvalue weighted by atomic mass is 10.1. The van der Waals surface area contributed by atoms with Crippen LogP contribution in [-0.2, 0) is 0 Å². The SMILES string of the molecule is Cc1cc(Nc2ccc(C(=O)NC3CCCCCC3)nc2)no1. The molecule has 3 rings (SSSR count). The first kappa shape index (κ1) is 15.5. The van der Waals surface area contributed by atoms with Crippen LogP contribution in [0.1, 0.15) is 54.8 Å². The van der Waals surface area contributed by atoms with E-state index < -0.39 is 0 Å². The molecule has 1 aliphatic rings. The van der Waals surface area contributed by atoms with Crippen LogP contribution in [0.4, 0.5) is 11.5 Å². The predicted molar refractivity (Wildman–Crippen MR) is 87.7 cm³/mol. The Bertz CT molecular complexity index is 643. The first-order valence-electron chi connectivity index (χ1n) is 8.18. The Morgan fingerprint density at radius 2 is 2.00 bits per heavy atom. The summed E-state index contributed by atoms with van der Waals surface area (Å²) in [4.78, 5) is 16.5. The van der Waals surface area contributed by atoms with Gasteiger partial charge >= 0.3 is 0 Å². The van der Waals surface area contributed by atoms with Gasteiger partial charge in [0, 0.05) is 12.1 Å². The monoisotopic (exact) mass is 314 g/mol. The van der Waals surface area contributed by atoms with E-state index in [0.717, 1.165) is 24.3 Å². The van der Waals surface area contributed by atoms with E-state index in [4.69, 9.17) is 4.52 Å². The summed E-state index contributed by atoms with van der Waals surface area (Å²) in [6, 6.07) is 5.62. The number of hydrogen-bond donors (Lipinski definition) is 2. The molecule has 2 aromatic rings. The molecule has 2 N–H and O–H groups in total. The van der Waals surface area contributed by atoms with E-state index in [0.29, 0.717) is 11.5 Å². The third-order valence-electron chi connectivity index (χ3n) is 4.09. The van der Waals surface area contributed by atoms with E-state index in [9.17, 15) is 4.79 Å². The topological polar surface area (TPSA) is 80.0 Å². The molecule has 1 amide bonds. The van der Waals surface area contributed by atoms with Gasteiger partial charge in [0.25, 0.3) is 5.91 Å². The highest BCUT2D eigenvalue weighted by atomic mass is 16.5. The third kappa shape index (κ3) is 4.31. The first-order chi connectivity index (χ1) is 11.2. The fraction of sp³-hybridized carbons (Fsp3) is 0.471. The highest BCUT2D eigenvalue weighted by molar-refractivity contribution is 5.92. The zero-order valence-corrected chi connectivity index (χ0v) is 13.3. The Morgan fingerprint density at radius 1 is 1.22 bits per heavy atom. The maximum Gasteiger partial charge on any atom is 0.270 e. The second-order valence-electron chi connectivity index (χ2n) is 6.04. The minimum atomic E-state index is -0.0965. The Hall–Kier alpha value is -2.37. The van der Waals surface area contributed by atoms with Crippen molar-refractivity contribution >= 4 is 17.4 Å². The van der Waals surface area contributed by atoms with Crippen LogP contribution in [0.15, 0.2) is 28.9 Å². The fourth-order valence-corrected chi connectivity index (χ4v) is 2.86. The molecule has 0 unspecified atom stereocenters. The van der Waals surface area contributed by atoms with E-state index in [1.807, 2.05) is 13.0 Å². The van der Waals surface area contributed by atoms with E-state index >= 15 is 0 Å². The van der Waals surface area contributed by atoms with Gasteiger partial charge in [-0.1, -0.05) is 30.8 Å². The maximum absolute atomic E-state index is 12.3. The molecular weight excluding hydrogens is 292 g/mol. The molecular formula is C17H22N4O2. The minimum absolute atomic E-state index is 0.0965. The number of aryl methyl sites for hydroxylation is 1. The van der Waals surface area contributed by atoms with Crippen molar-refractivity contribution in [1.82, 2.24) is 15.5 Å². The van der Waals surface area contributed by atoms with E-state index in [2.05, 4.69) is 20.8 Å². The number of carbonyl (C=O) groups excluding carboxylic acids is 1. The standard InChI is InChI=1S/C17H22N4O2/c1-12-10-16(21-23-12)19-14-8-9-15(18-11-14)17(22)20-13-6-4-2-3-5-7-13/h8-11,13H,2-7H2,1H3,(H,19,21)(H,20,22). The van der Waals surface area contributed by atoms with Crippen molar-refractivity contribution in [1.29, 1.82) is 0 Å². The molecule has 0 saturated heterocycles. The van der Waals surface area contributed by atoms with Crippen molar-refractivity contribution in [3.63, 3.8) is 0 Å². The van der Waals surface area contributed by atoms with Gasteiger partial charge in [0.2, 0.25) is 0 Å². The van der Waals surface area contributed by atoms with Crippen molar-refractivity contribution in [2.24, 2.45) is 0 Å². The van der Waals surface area contributed by atoms with Crippen molar-refractivity contribution in [2.75, 3.05) is 5.32 Å². The van der Waals surface area contributed by atoms with E-state index in [1.54, 1.807) is 18.3 Å². The summed E-state index contributed by atoms with van der Waals surface area (Å²) in [6.45, 7) is 1.83. The lowest BCUT2D eigenvalue weighted by Gasteiger charge is -2.15. The van der Waals surface area contributed by atoms with Crippen molar-refractivity contribution in [2.45, 2.75) is 51.5 Å². The van der Waals surface area contributed by atoms with Crippen LogP contribution in [0, 0.1) is 6.92 Å². The van der Waals surface area contributed by atoms with Gasteiger partial charge in [-0.25, -0.2) is 4.98 Å². The largest absolute Gasteiger partial charge is 0.360 e. The summed E-state index contributed by atoms with van der Waals surface area (Å²) in [7, 11) is 0. The first-order valence-corrected chi connectivity index (χ1v) is 8.18. The maximum atomic E-state index is 12.3. The highest BCUT2D eigenvalue weighted by Gasteiger charge is 2.16. The van der Waals surface area contributed by atoms with Crippen LogP contribution in [0.3, 0.4) is 0 Å². The average Bonchev–Trinajstić information content (AvgIpc) is 2.80. The van der Waals surface area contributed by atoms with Gasteiger partial charge in [0.05, 0.1) is 11.9 Å². The van der Waals surface area contributed by atoms with Crippen molar-refractivity contribution in [3.05, 3.63) is 35.9 Å². The Balaban J connectivity index is 1.58. The molecule has 2 heterocycles. The molecule has 6 heteroatoms. The van der Waals surface area contributed by atoms with Gasteiger partial charge in [-0.3, -0.25) is 4.79 Å². The minimum Gasteiger partial charge on any atom is -0.360 e. The van der Waals surface area contributed by atoms with Gasteiger partial charge in [0.1, 0.15) is 11.5 Å². The molecule has 0 radical (unpaired) electrons. The molecule has 1 saturated carbocycles. The number of nitrogens with one attached hydrogen (secondary N) is 2. The average molecular weight is 314 g/mol. The molecule has 23 heavy (non-hydrogen) atoms. The normalized spacial score (nSPS) is 15.9. The lowest BCUT2D eigenvalue weighted by molar-refractivity contribution is 0.0928. The van der Waals surface area contributed by atoms with Crippen LogP contribution in [0.25, 0.3) is 0 Å². The van der Waals surface area contributed by atoms with E-state index in [1.165, 1.54) is 25.7 Å². The molecule has 0 aromatic carbocycles. The molecule has 1 fully saturated rings. The summed E-state index contributed by atoms with van der Waals surface area (Å²) in [5, 5.41) is 10.0. The number of carbonyl (C=O) groups is 1. The second-order valence-corrected chi connectivity index (χ2v) is 6.04. The van der Waals surface area contributed by atoms with Gasteiger partial charge in [0.15, 0.2) is 5.82 Å². The summed E-state index contributed by atoms with van der Waals surface area (Å²) in [5.74, 6) is 1.26. The molecule has 0 atom stereocenters. The van der Waals surface area contributed by atoms with Gasteiger partial charge in [-0.15, -0.1) is 0 Å². The van der Waals surface area contributed by atoms with Gasteiger partial charge in [-0.05, 0) is 31.9 Å². The van der Waals surface area contributed by atoms with Crippen LogP contribution in [0.2, 0.25) is 0 Å². The molecule has 0 spiro atoms. The van der Waals surface area contributed by atoms with Gasteiger partial charge in [-0.2, -0.15) is 0 Å². The second kappa shape index (κ2) is 7.26. The zero-order chi connectivity index (χ0) is 16.1. The van der Waals surface area contributed by atoms with Gasteiger partial charge < -0.3 is 15.2 Å². The number of anilines is 2. The number of pyridine rings is 1. The van der Waals surface area contributed by atoms with Crippen LogP contribution >= 0.6 is 0 Å². The molecule has 122 valence electrons. The van der Waals surface area contributed by atoms with Crippen LogP contribution in [-0.4, -0.2) is 22.1 Å². The number of rotatable bonds is 4. The van der Waals surface area contributed by atoms with Crippen molar-refractivity contribution < 1.29 is 9.32 Å². The number of hydrogen-bond acceptors (Lipinski definition) is 5. The summed E-state index contributed by atoms with van der Waals surface area (Å²) in [6.07, 6.45) is 8.69. The summed E-state index contributed by atoms with van der Waals surface area (Å²) >= 11 is 0. The number of aromatic nitrogens is 2. The lowest BCUT2D eigenvalue weighted by Crippen LogP contribution is -2.34. The highest BCUT2D eigenvalue weighted by Crippen LogP contribution is 2.18. The van der Waals surface area contributed by atoms with Crippen LogP contribution in [0.5, 0.6) is 0 Å². The molecule has 1 aliphatic carbocycles. The Kier molecular flexibility index (Phi) is 4.90. The Labute approximate surface area is 135 Å². The zero-order valence-electron chi connectivity index (χ0n) is 13.3. The predicted octanol–water partition coefficient (Wildman–Crippen LogP) is 3.57. The molecule has 0 aliphatic heterocycles. The molecule has 6 nitrogen and oxygen atoms in total. The quantitative estimate of drug-likeness (QED) is 0.843.